The number of rotatable bonds is 6. The molecule has 4 heteroatoms. The van der Waals surface area contributed by atoms with E-state index in [0.717, 1.165) is 50.5 Å². The summed E-state index contributed by atoms with van der Waals surface area (Å²) in [5.74, 6) is 6.05. The smallest absolute Gasteiger partial charge is 0.231 e. The second-order valence-electron chi connectivity index (χ2n) is 7.41. The van der Waals surface area contributed by atoms with Crippen LogP contribution in [0.25, 0.3) is 0 Å². The first-order valence-corrected chi connectivity index (χ1v) is 10.2. The van der Waals surface area contributed by atoms with Gasteiger partial charge in [-0.25, -0.2) is 0 Å². The largest absolute Gasteiger partial charge is 0.494 e. The standard InChI is InChI=1S/C24H27F2NO/c1-2-3-4-17-28-22-14-11-20(12-15-22)19-8-5-18(6-9-19)7-10-21-13-16-23(25)27-24(21)26/h11-16,18-19H,2-6,8-9,17H2,1H3. The van der Waals surface area contributed by atoms with Gasteiger partial charge in [0, 0.05) is 5.92 Å². The summed E-state index contributed by atoms with van der Waals surface area (Å²) >= 11 is 0. The number of halogens is 2. The van der Waals surface area contributed by atoms with Crippen LogP contribution in [0.4, 0.5) is 8.78 Å². The van der Waals surface area contributed by atoms with E-state index < -0.39 is 11.9 Å². The number of benzene rings is 1. The molecule has 28 heavy (non-hydrogen) atoms. The predicted molar refractivity (Wildman–Crippen MR) is 107 cm³/mol. The lowest BCUT2D eigenvalue weighted by molar-refractivity contribution is 0.306. The van der Waals surface area contributed by atoms with Gasteiger partial charge in [0.1, 0.15) is 5.75 Å². The van der Waals surface area contributed by atoms with Gasteiger partial charge in [-0.2, -0.15) is 13.8 Å². The minimum absolute atomic E-state index is 0.165. The number of hydrogen-bond donors (Lipinski definition) is 0. The third-order valence-corrected chi connectivity index (χ3v) is 5.32. The molecule has 1 aromatic carbocycles. The van der Waals surface area contributed by atoms with Gasteiger partial charge >= 0.3 is 0 Å². The summed E-state index contributed by atoms with van der Waals surface area (Å²) < 4.78 is 32.2. The van der Waals surface area contributed by atoms with Gasteiger partial charge < -0.3 is 4.74 Å². The van der Waals surface area contributed by atoms with Gasteiger partial charge in [-0.1, -0.05) is 43.7 Å². The molecular formula is C24H27F2NO. The van der Waals surface area contributed by atoms with Crippen molar-refractivity contribution < 1.29 is 13.5 Å². The number of nitrogens with zero attached hydrogens (tertiary/aromatic N) is 1. The van der Waals surface area contributed by atoms with Crippen molar-refractivity contribution in [1.82, 2.24) is 4.98 Å². The highest BCUT2D eigenvalue weighted by Gasteiger charge is 2.21. The van der Waals surface area contributed by atoms with Gasteiger partial charge in [0.05, 0.1) is 12.2 Å². The molecule has 0 N–H and O–H groups in total. The van der Waals surface area contributed by atoms with Gasteiger partial charge in [-0.15, -0.1) is 0 Å². The third kappa shape index (κ3) is 5.79. The zero-order chi connectivity index (χ0) is 19.8. The molecule has 2 nitrogen and oxygen atoms in total. The van der Waals surface area contributed by atoms with Crippen molar-refractivity contribution in [2.75, 3.05) is 6.61 Å². The Bertz CT molecular complexity index is 815. The Morgan fingerprint density at radius 3 is 2.43 bits per heavy atom. The molecule has 2 aromatic rings. The van der Waals surface area contributed by atoms with Crippen LogP contribution in [-0.2, 0) is 0 Å². The molecule has 0 amide bonds. The van der Waals surface area contributed by atoms with Crippen LogP contribution < -0.4 is 4.74 Å². The second-order valence-corrected chi connectivity index (χ2v) is 7.41. The van der Waals surface area contributed by atoms with Crippen LogP contribution >= 0.6 is 0 Å². The van der Waals surface area contributed by atoms with Crippen LogP contribution in [0.1, 0.15) is 68.9 Å². The third-order valence-electron chi connectivity index (χ3n) is 5.32. The van der Waals surface area contributed by atoms with Gasteiger partial charge in [0.2, 0.25) is 11.9 Å². The highest BCUT2D eigenvalue weighted by Crippen LogP contribution is 2.36. The first kappa shape index (κ1) is 20.3. The average molecular weight is 383 g/mol. The number of ether oxygens (including phenoxy) is 1. The first-order chi connectivity index (χ1) is 13.7. The number of hydrogen-bond acceptors (Lipinski definition) is 2. The Kier molecular flexibility index (Phi) is 7.42. The predicted octanol–water partition coefficient (Wildman–Crippen LogP) is 6.25. The minimum Gasteiger partial charge on any atom is -0.494 e. The van der Waals surface area contributed by atoms with Crippen molar-refractivity contribution in [3.8, 4) is 17.6 Å². The average Bonchev–Trinajstić information content (AvgIpc) is 2.72. The van der Waals surface area contributed by atoms with E-state index in [1.807, 2.05) is 0 Å². The van der Waals surface area contributed by atoms with E-state index in [9.17, 15) is 8.78 Å². The Hall–Kier alpha value is -2.41. The zero-order valence-corrected chi connectivity index (χ0v) is 16.4. The second kappa shape index (κ2) is 10.2. The summed E-state index contributed by atoms with van der Waals surface area (Å²) in [6.07, 6.45) is 7.62. The SMILES string of the molecule is CCCCCOc1ccc(C2CCC(C#Cc3ccc(F)nc3F)CC2)cc1. The maximum absolute atomic E-state index is 13.6. The Labute approximate surface area is 166 Å². The zero-order valence-electron chi connectivity index (χ0n) is 16.4. The molecule has 0 saturated heterocycles. The molecule has 0 spiro atoms. The van der Waals surface area contributed by atoms with Crippen molar-refractivity contribution in [3.63, 3.8) is 0 Å². The summed E-state index contributed by atoms with van der Waals surface area (Å²) in [6.45, 7) is 2.97. The maximum Gasteiger partial charge on any atom is 0.231 e. The lowest BCUT2D eigenvalue weighted by atomic mass is 9.79. The molecule has 1 aromatic heterocycles. The molecule has 1 saturated carbocycles. The lowest BCUT2D eigenvalue weighted by Gasteiger charge is -2.26. The normalized spacial score (nSPS) is 19.0. The molecule has 1 aliphatic carbocycles. The van der Waals surface area contributed by atoms with Gasteiger partial charge in [0.15, 0.2) is 0 Å². The molecule has 148 valence electrons. The summed E-state index contributed by atoms with van der Waals surface area (Å²) in [4.78, 5) is 3.18. The van der Waals surface area contributed by atoms with E-state index in [1.165, 1.54) is 24.5 Å². The summed E-state index contributed by atoms with van der Waals surface area (Å²) in [7, 11) is 0. The van der Waals surface area contributed by atoms with Crippen LogP contribution in [0.2, 0.25) is 0 Å². The molecule has 1 aliphatic rings. The van der Waals surface area contributed by atoms with Crippen molar-refractivity contribution >= 4 is 0 Å². The van der Waals surface area contributed by atoms with E-state index in [4.69, 9.17) is 4.74 Å². The summed E-state index contributed by atoms with van der Waals surface area (Å²) in [5.41, 5.74) is 1.51. The van der Waals surface area contributed by atoms with Crippen molar-refractivity contribution in [3.05, 3.63) is 59.4 Å². The molecule has 0 atom stereocenters. The minimum atomic E-state index is -0.835. The van der Waals surface area contributed by atoms with Gasteiger partial charge in [-0.3, -0.25) is 0 Å². The molecular weight excluding hydrogens is 356 g/mol. The lowest BCUT2D eigenvalue weighted by Crippen LogP contribution is -2.12. The van der Waals surface area contributed by atoms with Crippen LogP contribution in [-0.4, -0.2) is 11.6 Å². The van der Waals surface area contributed by atoms with Crippen molar-refractivity contribution in [2.24, 2.45) is 5.92 Å². The maximum atomic E-state index is 13.6. The molecule has 1 fully saturated rings. The fraction of sp³-hybridized carbons (Fsp3) is 0.458. The monoisotopic (exact) mass is 383 g/mol. The molecule has 0 radical (unpaired) electrons. The molecule has 0 unspecified atom stereocenters. The van der Waals surface area contributed by atoms with E-state index in [1.54, 1.807) is 0 Å². The fourth-order valence-electron chi connectivity index (χ4n) is 3.63. The van der Waals surface area contributed by atoms with Crippen molar-refractivity contribution in [2.45, 2.75) is 57.8 Å². The topological polar surface area (TPSA) is 22.1 Å². The van der Waals surface area contributed by atoms with E-state index >= 15 is 0 Å². The number of unbranched alkanes of at least 4 members (excludes halogenated alkanes) is 2. The first-order valence-electron chi connectivity index (χ1n) is 10.2. The Morgan fingerprint density at radius 2 is 1.75 bits per heavy atom. The summed E-state index contributed by atoms with van der Waals surface area (Å²) in [6, 6.07) is 11.0. The van der Waals surface area contributed by atoms with Crippen LogP contribution in [0.3, 0.4) is 0 Å². The van der Waals surface area contributed by atoms with Crippen LogP contribution in [0.5, 0.6) is 5.75 Å². The highest BCUT2D eigenvalue weighted by molar-refractivity contribution is 5.34. The van der Waals surface area contributed by atoms with Crippen LogP contribution in [0.15, 0.2) is 36.4 Å². The Morgan fingerprint density at radius 1 is 1.00 bits per heavy atom. The van der Waals surface area contributed by atoms with E-state index in [2.05, 4.69) is 48.0 Å². The number of aromatic nitrogens is 1. The number of pyridine rings is 1. The molecule has 0 aliphatic heterocycles. The Balaban J connectivity index is 1.49. The molecule has 0 bridgehead atoms. The van der Waals surface area contributed by atoms with E-state index in [0.29, 0.717) is 5.92 Å². The summed E-state index contributed by atoms with van der Waals surface area (Å²) in [5, 5.41) is 0. The highest BCUT2D eigenvalue weighted by atomic mass is 19.1. The van der Waals surface area contributed by atoms with E-state index in [-0.39, 0.29) is 11.5 Å². The fourth-order valence-corrected chi connectivity index (χ4v) is 3.63. The quantitative estimate of drug-likeness (QED) is 0.334. The van der Waals surface area contributed by atoms with Crippen LogP contribution in [0, 0.1) is 29.7 Å². The van der Waals surface area contributed by atoms with Gasteiger partial charge in [0.25, 0.3) is 0 Å². The van der Waals surface area contributed by atoms with Gasteiger partial charge in [-0.05, 0) is 67.9 Å². The molecule has 1 heterocycles. The van der Waals surface area contributed by atoms with Crippen molar-refractivity contribution in [1.29, 1.82) is 0 Å². The molecule has 3 rings (SSSR count).